The van der Waals surface area contributed by atoms with Crippen LogP contribution in [0.5, 0.6) is 0 Å². The summed E-state index contributed by atoms with van der Waals surface area (Å²) in [6, 6.07) is 8.77. The average molecular weight is 473 g/mol. The number of urea groups is 1. The monoisotopic (exact) mass is 473 g/mol. The zero-order valence-corrected chi connectivity index (χ0v) is 17.9. The van der Waals surface area contributed by atoms with Crippen molar-refractivity contribution in [3.8, 4) is 0 Å². The molecule has 3 rings (SSSR count). The summed E-state index contributed by atoms with van der Waals surface area (Å²) in [7, 11) is -1.52. The highest BCUT2D eigenvalue weighted by atomic mass is 32.3. The van der Waals surface area contributed by atoms with Crippen molar-refractivity contribution in [2.24, 2.45) is 0 Å². The van der Waals surface area contributed by atoms with Crippen LogP contribution in [0.3, 0.4) is 0 Å². The van der Waals surface area contributed by atoms with Gasteiger partial charge in [-0.1, -0.05) is 18.2 Å². The first-order chi connectivity index (χ1) is 15.0. The molecule has 0 aliphatic carbocycles. The number of alkyl halides is 3. The van der Waals surface area contributed by atoms with Gasteiger partial charge in [-0.25, -0.2) is 14.6 Å². The van der Waals surface area contributed by atoms with Gasteiger partial charge in [0.1, 0.15) is 11.5 Å². The van der Waals surface area contributed by atoms with E-state index in [-0.39, 0.29) is 42.5 Å². The quantitative estimate of drug-likeness (QED) is 0.649. The van der Waals surface area contributed by atoms with Gasteiger partial charge in [-0.15, -0.1) is 0 Å². The van der Waals surface area contributed by atoms with E-state index in [1.807, 2.05) is 0 Å². The summed E-state index contributed by atoms with van der Waals surface area (Å²) in [5.74, 6) is -0.747. The van der Waals surface area contributed by atoms with E-state index in [4.69, 9.17) is 0 Å². The van der Waals surface area contributed by atoms with Crippen LogP contribution in [0.4, 0.5) is 23.8 Å². The molecule has 2 aromatic rings. The second-order valence-corrected chi connectivity index (χ2v) is 9.55. The van der Waals surface area contributed by atoms with E-state index in [1.165, 1.54) is 36.3 Å². The van der Waals surface area contributed by atoms with Gasteiger partial charge in [0, 0.05) is 13.1 Å². The normalized spacial score (nSPS) is 16.9. The van der Waals surface area contributed by atoms with Crippen LogP contribution in [0.2, 0.25) is 0 Å². The van der Waals surface area contributed by atoms with Crippen molar-refractivity contribution >= 4 is 28.4 Å². The van der Waals surface area contributed by atoms with Gasteiger partial charge < -0.3 is 9.64 Å². The summed E-state index contributed by atoms with van der Waals surface area (Å²) in [6.45, 7) is -0.00282. The second kappa shape index (κ2) is 9.35. The van der Waals surface area contributed by atoms with Crippen molar-refractivity contribution in [3.05, 3.63) is 59.3 Å². The van der Waals surface area contributed by atoms with Crippen molar-refractivity contribution in [3.63, 3.8) is 0 Å². The molecule has 1 aromatic heterocycles. The van der Waals surface area contributed by atoms with Crippen molar-refractivity contribution in [2.75, 3.05) is 36.6 Å². The zero-order valence-electron chi connectivity index (χ0n) is 17.1. The summed E-state index contributed by atoms with van der Waals surface area (Å²) >= 11 is 0. The average Bonchev–Trinajstić information content (AvgIpc) is 2.76. The summed E-state index contributed by atoms with van der Waals surface area (Å²) in [5, 5.41) is 0. The van der Waals surface area contributed by atoms with Crippen LogP contribution in [-0.2, 0) is 17.5 Å². The summed E-state index contributed by atoms with van der Waals surface area (Å²) in [6.07, 6.45) is -4.69. The lowest BCUT2D eigenvalue weighted by Crippen LogP contribution is -2.49. The lowest BCUT2D eigenvalue weighted by atomic mass is 10.1. The molecule has 0 saturated carbocycles. The molecule has 0 unspecified atom stereocenters. The van der Waals surface area contributed by atoms with Crippen molar-refractivity contribution in [1.82, 2.24) is 9.88 Å². The molecule has 1 fully saturated rings. The van der Waals surface area contributed by atoms with Gasteiger partial charge >= 0.3 is 18.2 Å². The molecule has 1 aromatic carbocycles. The number of rotatable bonds is 4. The standard InChI is InChI=1S/C20H22F3N3O5S/c1-31-18(27)15-7-5-14(6-8-15)13-26(17-4-2-3-16(24-17)20(21,22)23)19(28)25-9-11-32(29,30)12-10-25/h2-8,29-30H,9-13H2,1H3. The van der Waals surface area contributed by atoms with Gasteiger partial charge in [-0.3, -0.25) is 14.0 Å². The van der Waals surface area contributed by atoms with Gasteiger partial charge in [0.25, 0.3) is 0 Å². The minimum absolute atomic E-state index is 0.00355. The SMILES string of the molecule is COC(=O)c1ccc(CN(C(=O)N2CCS(O)(O)CC2)c2cccc(C(F)(F)F)n2)cc1. The number of aromatic nitrogens is 1. The Morgan fingerprint density at radius 2 is 1.75 bits per heavy atom. The molecule has 1 aliphatic rings. The molecule has 12 heteroatoms. The van der Waals surface area contributed by atoms with Crippen molar-refractivity contribution < 1.29 is 36.6 Å². The van der Waals surface area contributed by atoms with E-state index in [0.717, 1.165) is 11.0 Å². The maximum atomic E-state index is 13.2. The Labute approximate surface area is 184 Å². The Kier molecular flexibility index (Phi) is 6.96. The second-order valence-electron chi connectivity index (χ2n) is 7.13. The van der Waals surface area contributed by atoms with Gasteiger partial charge in [-0.05, 0) is 29.8 Å². The molecule has 0 atom stereocenters. The smallest absolute Gasteiger partial charge is 0.433 e. The Morgan fingerprint density at radius 1 is 1.12 bits per heavy atom. The van der Waals surface area contributed by atoms with E-state index < -0.39 is 34.5 Å². The number of hydrogen-bond donors (Lipinski definition) is 2. The molecular formula is C20H22F3N3O5S. The molecule has 0 radical (unpaired) electrons. The van der Waals surface area contributed by atoms with Gasteiger partial charge in [0.15, 0.2) is 0 Å². The predicted molar refractivity (Wildman–Crippen MR) is 113 cm³/mol. The molecular weight excluding hydrogens is 451 g/mol. The third-order valence-electron chi connectivity index (χ3n) is 4.89. The number of pyridine rings is 1. The van der Waals surface area contributed by atoms with Gasteiger partial charge in [0.2, 0.25) is 0 Å². The first-order valence-electron chi connectivity index (χ1n) is 9.52. The molecule has 1 aliphatic heterocycles. The number of halogens is 3. The number of amides is 2. The summed E-state index contributed by atoms with van der Waals surface area (Å²) < 4.78 is 63.8. The minimum atomic E-state index is -4.69. The van der Waals surface area contributed by atoms with Gasteiger partial charge in [0.05, 0.1) is 30.7 Å². The Hall–Kier alpha value is -2.83. The van der Waals surface area contributed by atoms with Crippen LogP contribution in [0.1, 0.15) is 21.6 Å². The van der Waals surface area contributed by atoms with Crippen molar-refractivity contribution in [1.29, 1.82) is 0 Å². The number of methoxy groups -OCH3 is 1. The molecule has 2 amide bonds. The highest BCUT2D eigenvalue weighted by Crippen LogP contribution is 2.40. The number of anilines is 1. The number of ether oxygens (including phenoxy) is 1. The summed E-state index contributed by atoms with van der Waals surface area (Å²) in [5.41, 5.74) is -0.305. The van der Waals surface area contributed by atoms with Crippen LogP contribution in [-0.4, -0.2) is 62.7 Å². The number of hydrogen-bond acceptors (Lipinski definition) is 6. The topological polar surface area (TPSA) is 103 Å². The predicted octanol–water partition coefficient (Wildman–Crippen LogP) is 4.08. The Balaban J connectivity index is 1.91. The number of nitrogens with zero attached hydrogens (tertiary/aromatic N) is 3. The highest BCUT2D eigenvalue weighted by Gasteiger charge is 2.34. The Bertz CT molecular complexity index is 975. The highest BCUT2D eigenvalue weighted by molar-refractivity contribution is 8.24. The maximum Gasteiger partial charge on any atom is 0.433 e. The largest absolute Gasteiger partial charge is 0.465 e. The van der Waals surface area contributed by atoms with E-state index in [2.05, 4.69) is 9.72 Å². The fourth-order valence-corrected chi connectivity index (χ4v) is 4.34. The fourth-order valence-electron chi connectivity index (χ4n) is 3.11. The molecule has 32 heavy (non-hydrogen) atoms. The number of carbonyl (C=O) groups is 2. The van der Waals surface area contributed by atoms with E-state index in [1.54, 1.807) is 12.1 Å². The molecule has 2 N–H and O–H groups in total. The maximum absolute atomic E-state index is 13.2. The van der Waals surface area contributed by atoms with Crippen LogP contribution < -0.4 is 4.90 Å². The van der Waals surface area contributed by atoms with Crippen LogP contribution in [0, 0.1) is 0 Å². The molecule has 1 saturated heterocycles. The lowest BCUT2D eigenvalue weighted by molar-refractivity contribution is -0.141. The van der Waals surface area contributed by atoms with E-state index in [0.29, 0.717) is 5.56 Å². The van der Waals surface area contributed by atoms with E-state index >= 15 is 0 Å². The number of esters is 1. The molecule has 174 valence electrons. The molecule has 2 heterocycles. The van der Waals surface area contributed by atoms with Crippen LogP contribution in [0.15, 0.2) is 42.5 Å². The fraction of sp³-hybridized carbons (Fsp3) is 0.350. The third-order valence-corrected chi connectivity index (χ3v) is 6.57. The minimum Gasteiger partial charge on any atom is -0.465 e. The van der Waals surface area contributed by atoms with Gasteiger partial charge in [-0.2, -0.15) is 23.8 Å². The van der Waals surface area contributed by atoms with Crippen LogP contribution in [0.25, 0.3) is 0 Å². The van der Waals surface area contributed by atoms with Crippen molar-refractivity contribution in [2.45, 2.75) is 12.7 Å². The number of benzene rings is 1. The Morgan fingerprint density at radius 3 is 2.31 bits per heavy atom. The first-order valence-corrected chi connectivity index (χ1v) is 11.4. The number of carbonyl (C=O) groups excluding carboxylic acids is 2. The molecule has 8 nitrogen and oxygen atoms in total. The molecule has 0 bridgehead atoms. The first kappa shape index (κ1) is 23.8. The third kappa shape index (κ3) is 5.69. The van der Waals surface area contributed by atoms with E-state index in [9.17, 15) is 31.9 Å². The van der Waals surface area contributed by atoms with Crippen LogP contribution >= 0.6 is 10.6 Å². The lowest BCUT2D eigenvalue weighted by Gasteiger charge is -2.42. The molecule has 0 spiro atoms. The summed E-state index contributed by atoms with van der Waals surface area (Å²) in [4.78, 5) is 30.9. The zero-order chi connectivity index (χ0) is 23.5.